The van der Waals surface area contributed by atoms with E-state index < -0.39 is 11.9 Å². The van der Waals surface area contributed by atoms with Crippen molar-refractivity contribution in [2.45, 2.75) is 13.3 Å². The fraction of sp³-hybridized carbons (Fsp3) is 0.467. The highest BCUT2D eigenvalue weighted by Crippen LogP contribution is 2.23. The van der Waals surface area contributed by atoms with E-state index in [0.717, 1.165) is 0 Å². The molecule has 1 aliphatic rings. The summed E-state index contributed by atoms with van der Waals surface area (Å²) < 4.78 is 5.47. The Balaban J connectivity index is 1.77. The van der Waals surface area contributed by atoms with Gasteiger partial charge in [0.05, 0.1) is 18.9 Å². The van der Waals surface area contributed by atoms with E-state index in [0.29, 0.717) is 17.3 Å². The lowest BCUT2D eigenvalue weighted by Gasteiger charge is -2.16. The quantitative estimate of drug-likeness (QED) is 0.906. The number of nitrogens with zero attached hydrogens (tertiary/aromatic N) is 1. The van der Waals surface area contributed by atoms with E-state index in [1.165, 1.54) is 0 Å². The molecule has 0 unspecified atom stereocenters. The number of ether oxygens (including phenoxy) is 1. The Labute approximate surface area is 128 Å². The standard InChI is InChI=1S/C15H18ClNO4/c1-10-8-17(9-13(10)15(19)20)14(18)6-7-21-12-4-2-11(16)3-5-12/h2-5,10,13H,6-9H2,1H3,(H,19,20)/t10-,13-/m1/s1. The van der Waals surface area contributed by atoms with Gasteiger partial charge in [-0.05, 0) is 30.2 Å². The zero-order chi connectivity index (χ0) is 15.4. The summed E-state index contributed by atoms with van der Waals surface area (Å²) in [7, 11) is 0. The van der Waals surface area contributed by atoms with Crippen LogP contribution < -0.4 is 4.74 Å². The van der Waals surface area contributed by atoms with E-state index in [2.05, 4.69) is 0 Å². The van der Waals surface area contributed by atoms with Crippen molar-refractivity contribution in [1.82, 2.24) is 4.90 Å². The summed E-state index contributed by atoms with van der Waals surface area (Å²) >= 11 is 5.77. The van der Waals surface area contributed by atoms with E-state index in [4.69, 9.17) is 21.4 Å². The van der Waals surface area contributed by atoms with Gasteiger partial charge < -0.3 is 14.7 Å². The summed E-state index contributed by atoms with van der Waals surface area (Å²) in [4.78, 5) is 24.7. The van der Waals surface area contributed by atoms with Crippen LogP contribution in [-0.4, -0.2) is 41.6 Å². The number of halogens is 1. The largest absolute Gasteiger partial charge is 0.493 e. The molecule has 0 saturated carbocycles. The molecule has 1 amide bonds. The summed E-state index contributed by atoms with van der Waals surface area (Å²) in [5.41, 5.74) is 0. The van der Waals surface area contributed by atoms with E-state index >= 15 is 0 Å². The highest BCUT2D eigenvalue weighted by Gasteiger charge is 2.36. The molecule has 114 valence electrons. The number of hydrogen-bond acceptors (Lipinski definition) is 3. The summed E-state index contributed by atoms with van der Waals surface area (Å²) in [6.07, 6.45) is 0.238. The van der Waals surface area contributed by atoms with Crippen molar-refractivity contribution in [3.8, 4) is 5.75 Å². The van der Waals surface area contributed by atoms with Crippen LogP contribution in [0.25, 0.3) is 0 Å². The Morgan fingerprint density at radius 1 is 1.33 bits per heavy atom. The number of carbonyl (C=O) groups excluding carboxylic acids is 1. The van der Waals surface area contributed by atoms with Crippen LogP contribution in [0.15, 0.2) is 24.3 Å². The second kappa shape index (κ2) is 6.80. The number of carboxylic acids is 1. The van der Waals surface area contributed by atoms with Gasteiger partial charge in [-0.15, -0.1) is 0 Å². The third kappa shape index (κ3) is 4.11. The highest BCUT2D eigenvalue weighted by atomic mass is 35.5. The van der Waals surface area contributed by atoms with Gasteiger partial charge in [-0.1, -0.05) is 18.5 Å². The number of carboxylic acid groups (broad SMARTS) is 1. The lowest BCUT2D eigenvalue weighted by Crippen LogP contribution is -2.30. The van der Waals surface area contributed by atoms with Crippen molar-refractivity contribution in [1.29, 1.82) is 0 Å². The lowest BCUT2D eigenvalue weighted by molar-refractivity contribution is -0.142. The van der Waals surface area contributed by atoms with E-state index in [9.17, 15) is 9.59 Å². The summed E-state index contributed by atoms with van der Waals surface area (Å²) in [5, 5.41) is 9.69. The molecular weight excluding hydrogens is 294 g/mol. The van der Waals surface area contributed by atoms with Crippen LogP contribution in [0, 0.1) is 11.8 Å². The van der Waals surface area contributed by atoms with Gasteiger partial charge >= 0.3 is 5.97 Å². The zero-order valence-corrected chi connectivity index (χ0v) is 12.5. The van der Waals surface area contributed by atoms with Crippen LogP contribution in [0.4, 0.5) is 0 Å². The molecule has 6 heteroatoms. The van der Waals surface area contributed by atoms with Gasteiger partial charge in [-0.25, -0.2) is 0 Å². The Morgan fingerprint density at radius 2 is 2.00 bits per heavy atom. The number of benzene rings is 1. The van der Waals surface area contributed by atoms with Gasteiger partial charge in [0.15, 0.2) is 0 Å². The maximum atomic E-state index is 12.0. The molecule has 1 N–H and O–H groups in total. The van der Waals surface area contributed by atoms with Crippen LogP contribution in [0.5, 0.6) is 5.75 Å². The second-order valence-electron chi connectivity index (χ2n) is 5.27. The Morgan fingerprint density at radius 3 is 2.57 bits per heavy atom. The van der Waals surface area contributed by atoms with Crippen LogP contribution in [0.3, 0.4) is 0 Å². The molecule has 1 aromatic rings. The number of carbonyl (C=O) groups is 2. The van der Waals surface area contributed by atoms with Gasteiger partial charge in [-0.2, -0.15) is 0 Å². The molecule has 2 rings (SSSR count). The average molecular weight is 312 g/mol. The summed E-state index contributed by atoms with van der Waals surface area (Å²) in [5.74, 6) is -0.727. The SMILES string of the molecule is C[C@@H]1CN(C(=O)CCOc2ccc(Cl)cc2)C[C@H]1C(=O)O. The maximum Gasteiger partial charge on any atom is 0.308 e. The van der Waals surface area contributed by atoms with Crippen LogP contribution in [0.2, 0.25) is 5.02 Å². The van der Waals surface area contributed by atoms with Crippen LogP contribution in [0.1, 0.15) is 13.3 Å². The van der Waals surface area contributed by atoms with Crippen molar-refractivity contribution >= 4 is 23.5 Å². The molecule has 1 fully saturated rings. The average Bonchev–Trinajstić information content (AvgIpc) is 2.83. The van der Waals surface area contributed by atoms with E-state index in [-0.39, 0.29) is 31.4 Å². The number of amides is 1. The zero-order valence-electron chi connectivity index (χ0n) is 11.8. The summed E-state index contributed by atoms with van der Waals surface area (Å²) in [6, 6.07) is 6.92. The Kier molecular flexibility index (Phi) is 5.07. The molecule has 1 aromatic carbocycles. The summed E-state index contributed by atoms with van der Waals surface area (Å²) in [6.45, 7) is 2.91. The van der Waals surface area contributed by atoms with Crippen LogP contribution >= 0.6 is 11.6 Å². The number of likely N-dealkylation sites (tertiary alicyclic amines) is 1. The molecule has 0 radical (unpaired) electrons. The topological polar surface area (TPSA) is 66.8 Å². The van der Waals surface area contributed by atoms with Crippen molar-refractivity contribution in [3.05, 3.63) is 29.3 Å². The normalized spacial score (nSPS) is 21.3. The smallest absolute Gasteiger partial charge is 0.308 e. The monoisotopic (exact) mass is 311 g/mol. The minimum atomic E-state index is -0.838. The van der Waals surface area contributed by atoms with E-state index in [1.54, 1.807) is 29.2 Å². The Bertz CT molecular complexity index is 517. The molecule has 0 bridgehead atoms. The number of rotatable bonds is 5. The molecule has 2 atom stereocenters. The first kappa shape index (κ1) is 15.6. The van der Waals surface area contributed by atoms with Gasteiger partial charge in [0.25, 0.3) is 0 Å². The fourth-order valence-corrected chi connectivity index (χ4v) is 2.56. The van der Waals surface area contributed by atoms with Crippen LogP contribution in [-0.2, 0) is 9.59 Å². The van der Waals surface area contributed by atoms with Crippen molar-refractivity contribution in [2.75, 3.05) is 19.7 Å². The molecule has 0 spiro atoms. The third-order valence-corrected chi connectivity index (χ3v) is 3.93. The van der Waals surface area contributed by atoms with Crippen molar-refractivity contribution in [2.24, 2.45) is 11.8 Å². The number of aliphatic carboxylic acids is 1. The molecule has 0 aromatic heterocycles. The minimum absolute atomic E-state index is 0.0105. The van der Waals surface area contributed by atoms with Gasteiger partial charge in [0, 0.05) is 18.1 Å². The molecule has 0 aliphatic carbocycles. The van der Waals surface area contributed by atoms with E-state index in [1.807, 2.05) is 6.92 Å². The van der Waals surface area contributed by atoms with Gasteiger partial charge in [-0.3, -0.25) is 9.59 Å². The Hall–Kier alpha value is -1.75. The first-order chi connectivity index (χ1) is 9.97. The molecule has 1 saturated heterocycles. The molecule has 1 aliphatic heterocycles. The minimum Gasteiger partial charge on any atom is -0.493 e. The fourth-order valence-electron chi connectivity index (χ4n) is 2.44. The van der Waals surface area contributed by atoms with Crippen molar-refractivity contribution < 1.29 is 19.4 Å². The van der Waals surface area contributed by atoms with Crippen molar-refractivity contribution in [3.63, 3.8) is 0 Å². The molecular formula is C15H18ClNO4. The highest BCUT2D eigenvalue weighted by molar-refractivity contribution is 6.30. The van der Waals surface area contributed by atoms with Gasteiger partial charge in [0.2, 0.25) is 5.91 Å². The third-order valence-electron chi connectivity index (χ3n) is 3.68. The molecule has 21 heavy (non-hydrogen) atoms. The lowest BCUT2D eigenvalue weighted by atomic mass is 9.99. The predicted octanol–water partition coefficient (Wildman–Crippen LogP) is 2.29. The first-order valence-corrected chi connectivity index (χ1v) is 7.24. The first-order valence-electron chi connectivity index (χ1n) is 6.86. The molecule has 1 heterocycles. The molecule has 5 nitrogen and oxygen atoms in total. The maximum absolute atomic E-state index is 12.0. The second-order valence-corrected chi connectivity index (χ2v) is 5.71. The van der Waals surface area contributed by atoms with Gasteiger partial charge in [0.1, 0.15) is 5.75 Å². The number of hydrogen-bond donors (Lipinski definition) is 1. The predicted molar refractivity (Wildman–Crippen MR) is 78.4 cm³/mol.